The van der Waals surface area contributed by atoms with Crippen molar-refractivity contribution in [1.82, 2.24) is 4.90 Å². The van der Waals surface area contributed by atoms with Crippen LogP contribution in [0.4, 0.5) is 18.9 Å². The number of carbonyl (C=O) groups is 1. The Labute approximate surface area is 172 Å². The molecule has 0 unspecified atom stereocenters. The zero-order chi connectivity index (χ0) is 22.0. The van der Waals surface area contributed by atoms with E-state index in [2.05, 4.69) is 6.58 Å². The first-order chi connectivity index (χ1) is 13.4. The second-order valence-electron chi connectivity index (χ2n) is 6.22. The molecule has 0 saturated heterocycles. The minimum absolute atomic E-state index is 0.0700. The van der Waals surface area contributed by atoms with Crippen LogP contribution >= 0.6 is 11.6 Å². The van der Waals surface area contributed by atoms with Crippen LogP contribution < -0.4 is 4.31 Å². The standard InChI is InChI=1S/C19H18ClF3N2O3S/c1-4-10-25(15-7-5-6-14(12-15)19(21,22)23)29(27,28)17-11-13(8-9-16(17)20)18(26)24(2)3/h4-9,11-12H,1,10H2,2-3H3. The monoisotopic (exact) mass is 446 g/mol. The molecule has 0 radical (unpaired) electrons. The summed E-state index contributed by atoms with van der Waals surface area (Å²) in [5.41, 5.74) is -1.14. The van der Waals surface area contributed by atoms with E-state index < -0.39 is 32.6 Å². The Morgan fingerprint density at radius 3 is 2.38 bits per heavy atom. The minimum Gasteiger partial charge on any atom is -0.345 e. The fourth-order valence-corrected chi connectivity index (χ4v) is 4.44. The van der Waals surface area contributed by atoms with Crippen LogP contribution in [-0.4, -0.2) is 39.9 Å². The van der Waals surface area contributed by atoms with Crippen LogP contribution in [0.3, 0.4) is 0 Å². The number of benzene rings is 2. The third kappa shape index (κ3) is 4.91. The number of alkyl halides is 3. The minimum atomic E-state index is -4.64. The summed E-state index contributed by atoms with van der Waals surface area (Å²) in [7, 11) is -1.40. The number of hydrogen-bond donors (Lipinski definition) is 0. The smallest absolute Gasteiger partial charge is 0.345 e. The summed E-state index contributed by atoms with van der Waals surface area (Å²) in [6.07, 6.45) is -3.41. The summed E-state index contributed by atoms with van der Waals surface area (Å²) < 4.78 is 66.4. The van der Waals surface area contributed by atoms with E-state index in [1.807, 2.05) is 0 Å². The lowest BCUT2D eigenvalue weighted by Crippen LogP contribution is -2.32. The molecule has 1 amide bonds. The van der Waals surface area contributed by atoms with Gasteiger partial charge in [-0.25, -0.2) is 8.42 Å². The maximum Gasteiger partial charge on any atom is 0.416 e. The molecule has 2 aromatic carbocycles. The molecule has 29 heavy (non-hydrogen) atoms. The molecule has 0 aliphatic heterocycles. The van der Waals surface area contributed by atoms with E-state index >= 15 is 0 Å². The molecule has 0 heterocycles. The Morgan fingerprint density at radius 2 is 1.83 bits per heavy atom. The average molecular weight is 447 g/mol. The molecule has 0 bridgehead atoms. The van der Waals surface area contributed by atoms with Gasteiger partial charge in [0.2, 0.25) is 0 Å². The van der Waals surface area contributed by atoms with E-state index in [4.69, 9.17) is 11.6 Å². The number of carbonyl (C=O) groups excluding carboxylic acids is 1. The summed E-state index contributed by atoms with van der Waals surface area (Å²) in [4.78, 5) is 13.0. The van der Waals surface area contributed by atoms with Gasteiger partial charge in [-0.3, -0.25) is 9.10 Å². The van der Waals surface area contributed by atoms with Crippen LogP contribution in [0.5, 0.6) is 0 Å². The first-order valence-corrected chi connectivity index (χ1v) is 10.0. The highest BCUT2D eigenvalue weighted by molar-refractivity contribution is 7.93. The number of hydrogen-bond acceptors (Lipinski definition) is 3. The Hall–Kier alpha value is -2.52. The summed E-state index contributed by atoms with van der Waals surface area (Å²) in [6, 6.07) is 7.63. The van der Waals surface area contributed by atoms with Crippen molar-refractivity contribution in [2.45, 2.75) is 11.1 Å². The number of anilines is 1. The van der Waals surface area contributed by atoms with Gasteiger partial charge in [0, 0.05) is 19.7 Å². The molecule has 0 aromatic heterocycles. The van der Waals surface area contributed by atoms with E-state index in [1.165, 1.54) is 43.3 Å². The topological polar surface area (TPSA) is 57.7 Å². The Bertz CT molecular complexity index is 1040. The van der Waals surface area contributed by atoms with Crippen molar-refractivity contribution in [1.29, 1.82) is 0 Å². The number of halogens is 4. The number of sulfonamides is 1. The van der Waals surface area contributed by atoms with E-state index in [-0.39, 0.29) is 22.8 Å². The fourth-order valence-electron chi connectivity index (χ4n) is 2.51. The predicted molar refractivity (Wildman–Crippen MR) is 106 cm³/mol. The van der Waals surface area contributed by atoms with Gasteiger partial charge in [0.15, 0.2) is 0 Å². The van der Waals surface area contributed by atoms with Gasteiger partial charge in [-0.1, -0.05) is 23.7 Å². The normalized spacial score (nSPS) is 11.8. The molecule has 5 nitrogen and oxygen atoms in total. The molecular weight excluding hydrogens is 429 g/mol. The van der Waals surface area contributed by atoms with Crippen molar-refractivity contribution in [2.75, 3.05) is 24.9 Å². The summed E-state index contributed by atoms with van der Waals surface area (Å²) in [5, 5.41) is -0.165. The van der Waals surface area contributed by atoms with Crippen LogP contribution in [0.25, 0.3) is 0 Å². The van der Waals surface area contributed by atoms with Gasteiger partial charge in [-0.05, 0) is 36.4 Å². The van der Waals surface area contributed by atoms with Gasteiger partial charge in [-0.2, -0.15) is 13.2 Å². The lowest BCUT2D eigenvalue weighted by molar-refractivity contribution is -0.137. The van der Waals surface area contributed by atoms with Crippen molar-refractivity contribution in [3.05, 3.63) is 71.3 Å². The zero-order valence-corrected chi connectivity index (χ0v) is 17.1. The molecule has 2 rings (SSSR count). The van der Waals surface area contributed by atoms with Gasteiger partial charge in [0.1, 0.15) is 4.90 Å². The largest absolute Gasteiger partial charge is 0.416 e. The molecule has 0 fully saturated rings. The number of rotatable bonds is 6. The van der Waals surface area contributed by atoms with E-state index in [0.29, 0.717) is 0 Å². The Kier molecular flexibility index (Phi) is 6.64. The van der Waals surface area contributed by atoms with E-state index in [9.17, 15) is 26.4 Å². The first-order valence-electron chi connectivity index (χ1n) is 8.21. The molecule has 0 aliphatic rings. The Balaban J connectivity index is 2.64. The predicted octanol–water partition coefficient (Wildman–Crippen LogP) is 4.44. The van der Waals surface area contributed by atoms with Crippen LogP contribution in [0.15, 0.2) is 60.0 Å². The Morgan fingerprint density at radius 1 is 1.17 bits per heavy atom. The van der Waals surface area contributed by atoms with Crippen molar-refractivity contribution >= 4 is 33.2 Å². The number of amides is 1. The van der Waals surface area contributed by atoms with Crippen molar-refractivity contribution in [3.8, 4) is 0 Å². The average Bonchev–Trinajstić information content (AvgIpc) is 2.65. The zero-order valence-electron chi connectivity index (χ0n) is 15.6. The summed E-state index contributed by atoms with van der Waals surface area (Å²) in [6.45, 7) is 3.17. The second kappa shape index (κ2) is 8.46. The molecule has 2 aromatic rings. The third-order valence-electron chi connectivity index (χ3n) is 3.91. The SMILES string of the molecule is C=CCN(c1cccc(C(F)(F)F)c1)S(=O)(=O)c1cc(C(=O)N(C)C)ccc1Cl. The second-order valence-corrected chi connectivity index (χ2v) is 8.46. The van der Waals surface area contributed by atoms with Gasteiger partial charge < -0.3 is 4.90 Å². The quantitative estimate of drug-likeness (QED) is 0.616. The molecule has 0 saturated carbocycles. The molecular formula is C19H18ClF3N2O3S. The van der Waals surface area contributed by atoms with Crippen LogP contribution in [0.1, 0.15) is 15.9 Å². The fraction of sp³-hybridized carbons (Fsp3) is 0.211. The van der Waals surface area contributed by atoms with Crippen LogP contribution in [-0.2, 0) is 16.2 Å². The van der Waals surface area contributed by atoms with Crippen LogP contribution in [0.2, 0.25) is 5.02 Å². The first kappa shape index (κ1) is 22.8. The molecule has 0 aliphatic carbocycles. The highest BCUT2D eigenvalue weighted by Gasteiger charge is 2.33. The maximum absolute atomic E-state index is 13.2. The molecule has 0 N–H and O–H groups in total. The maximum atomic E-state index is 13.2. The van der Waals surface area contributed by atoms with Crippen molar-refractivity contribution in [2.24, 2.45) is 0 Å². The lowest BCUT2D eigenvalue weighted by atomic mass is 10.2. The van der Waals surface area contributed by atoms with Gasteiger partial charge in [0.25, 0.3) is 15.9 Å². The van der Waals surface area contributed by atoms with Gasteiger partial charge in [0.05, 0.1) is 22.8 Å². The van der Waals surface area contributed by atoms with Crippen LogP contribution in [0, 0.1) is 0 Å². The highest BCUT2D eigenvalue weighted by Crippen LogP contribution is 2.34. The van der Waals surface area contributed by atoms with Gasteiger partial charge in [-0.15, -0.1) is 6.58 Å². The number of nitrogens with zero attached hydrogens (tertiary/aromatic N) is 2. The highest BCUT2D eigenvalue weighted by atomic mass is 35.5. The molecule has 156 valence electrons. The van der Waals surface area contributed by atoms with Crippen molar-refractivity contribution in [3.63, 3.8) is 0 Å². The molecule has 0 atom stereocenters. The lowest BCUT2D eigenvalue weighted by Gasteiger charge is -2.25. The third-order valence-corrected chi connectivity index (χ3v) is 6.18. The van der Waals surface area contributed by atoms with Crippen molar-refractivity contribution < 1.29 is 26.4 Å². The van der Waals surface area contributed by atoms with Gasteiger partial charge >= 0.3 is 6.18 Å². The summed E-state index contributed by atoms with van der Waals surface area (Å²) >= 11 is 6.06. The van der Waals surface area contributed by atoms with E-state index in [1.54, 1.807) is 0 Å². The molecule has 0 spiro atoms. The van der Waals surface area contributed by atoms with E-state index in [0.717, 1.165) is 28.6 Å². The molecule has 10 heteroatoms. The summed E-state index contributed by atoms with van der Waals surface area (Å²) in [5.74, 6) is -0.451.